The van der Waals surface area contributed by atoms with E-state index in [4.69, 9.17) is 25.8 Å². The molecule has 38 heavy (non-hydrogen) atoms. The molecule has 4 amide bonds. The maximum Gasteiger partial charge on any atom is 0.335 e. The minimum absolute atomic E-state index is 0.210. The van der Waals surface area contributed by atoms with Crippen molar-refractivity contribution in [2.24, 2.45) is 0 Å². The van der Waals surface area contributed by atoms with E-state index in [1.165, 1.54) is 31.8 Å². The molecule has 2 aromatic rings. The summed E-state index contributed by atoms with van der Waals surface area (Å²) in [6.07, 6.45) is 8.20. The van der Waals surface area contributed by atoms with E-state index in [1.54, 1.807) is 36.4 Å². The van der Waals surface area contributed by atoms with E-state index in [9.17, 15) is 14.4 Å². The highest BCUT2D eigenvalue weighted by molar-refractivity contribution is 6.39. The SMILES string of the molecule is CCCCCCCCOc1c(Cl)cc(/C=C2\C(=O)NC(=O)N(c3ccc(OCC)cc3)C2=O)cc1OCC. The smallest absolute Gasteiger partial charge is 0.335 e. The van der Waals surface area contributed by atoms with Crippen LogP contribution in [-0.4, -0.2) is 37.7 Å². The lowest BCUT2D eigenvalue weighted by Gasteiger charge is -2.26. The second-order valence-electron chi connectivity index (χ2n) is 8.76. The maximum atomic E-state index is 13.2. The van der Waals surface area contributed by atoms with Crippen LogP contribution in [-0.2, 0) is 9.59 Å². The van der Waals surface area contributed by atoms with E-state index >= 15 is 0 Å². The monoisotopic (exact) mass is 542 g/mol. The van der Waals surface area contributed by atoms with Crippen LogP contribution in [0.5, 0.6) is 17.2 Å². The van der Waals surface area contributed by atoms with Gasteiger partial charge in [-0.05, 0) is 68.3 Å². The predicted molar refractivity (Wildman–Crippen MR) is 148 cm³/mol. The summed E-state index contributed by atoms with van der Waals surface area (Å²) in [6.45, 7) is 7.26. The molecule has 0 saturated carbocycles. The molecule has 1 saturated heterocycles. The lowest BCUT2D eigenvalue weighted by atomic mass is 10.1. The number of hydrogen-bond acceptors (Lipinski definition) is 6. The van der Waals surface area contributed by atoms with Crippen molar-refractivity contribution < 1.29 is 28.6 Å². The number of nitrogens with one attached hydrogen (secondary N) is 1. The Labute approximate surface area is 228 Å². The summed E-state index contributed by atoms with van der Waals surface area (Å²) in [5.41, 5.74) is 0.559. The fourth-order valence-corrected chi connectivity index (χ4v) is 4.32. The highest BCUT2D eigenvalue weighted by Crippen LogP contribution is 2.38. The normalized spacial score (nSPS) is 14.6. The first-order chi connectivity index (χ1) is 18.4. The van der Waals surface area contributed by atoms with E-state index in [0.717, 1.165) is 17.7 Å². The van der Waals surface area contributed by atoms with Crippen LogP contribution in [0.2, 0.25) is 5.02 Å². The number of nitrogens with zero attached hydrogens (tertiary/aromatic N) is 1. The van der Waals surface area contributed by atoms with E-state index in [0.29, 0.717) is 53.3 Å². The third kappa shape index (κ3) is 7.51. The molecule has 1 aliphatic heterocycles. The molecule has 1 fully saturated rings. The van der Waals surface area contributed by atoms with Gasteiger partial charge in [0, 0.05) is 0 Å². The molecule has 0 bridgehead atoms. The van der Waals surface area contributed by atoms with Crippen LogP contribution >= 0.6 is 11.6 Å². The van der Waals surface area contributed by atoms with Crippen molar-refractivity contribution in [1.29, 1.82) is 0 Å². The molecule has 1 aliphatic rings. The number of carbonyl (C=O) groups excluding carboxylic acids is 3. The van der Waals surface area contributed by atoms with Crippen molar-refractivity contribution in [3.63, 3.8) is 0 Å². The van der Waals surface area contributed by atoms with Gasteiger partial charge in [-0.15, -0.1) is 0 Å². The number of hydrogen-bond donors (Lipinski definition) is 1. The van der Waals surface area contributed by atoms with Crippen LogP contribution in [0.4, 0.5) is 10.5 Å². The number of ether oxygens (including phenoxy) is 3. The molecule has 1 N–H and O–H groups in total. The Morgan fingerprint density at radius 2 is 1.55 bits per heavy atom. The van der Waals surface area contributed by atoms with Gasteiger partial charge in [0.2, 0.25) is 0 Å². The Morgan fingerprint density at radius 3 is 2.24 bits per heavy atom. The second kappa shape index (κ2) is 14.4. The Bertz CT molecular complexity index is 1160. The molecule has 3 rings (SSSR count). The molecule has 2 aromatic carbocycles. The third-order valence-electron chi connectivity index (χ3n) is 5.89. The van der Waals surface area contributed by atoms with Crippen molar-refractivity contribution in [3.05, 3.63) is 52.6 Å². The zero-order valence-electron chi connectivity index (χ0n) is 22.2. The van der Waals surface area contributed by atoms with Crippen LogP contribution in [0.25, 0.3) is 6.08 Å². The summed E-state index contributed by atoms with van der Waals surface area (Å²) in [5.74, 6) is -0.0966. The van der Waals surface area contributed by atoms with E-state index in [-0.39, 0.29) is 5.57 Å². The van der Waals surface area contributed by atoms with Crippen LogP contribution < -0.4 is 24.4 Å². The first-order valence-electron chi connectivity index (χ1n) is 13.1. The Balaban J connectivity index is 1.81. The Hall–Kier alpha value is -3.52. The minimum atomic E-state index is -0.826. The van der Waals surface area contributed by atoms with Gasteiger partial charge < -0.3 is 14.2 Å². The number of benzene rings is 2. The van der Waals surface area contributed by atoms with Gasteiger partial charge >= 0.3 is 6.03 Å². The van der Waals surface area contributed by atoms with Gasteiger partial charge in [0.1, 0.15) is 11.3 Å². The molecule has 8 nitrogen and oxygen atoms in total. The number of carbonyl (C=O) groups is 3. The predicted octanol–water partition coefficient (Wildman–Crippen LogP) is 6.54. The summed E-state index contributed by atoms with van der Waals surface area (Å²) in [6, 6.07) is 8.90. The minimum Gasteiger partial charge on any atom is -0.494 e. The summed E-state index contributed by atoms with van der Waals surface area (Å²) < 4.78 is 17.1. The van der Waals surface area contributed by atoms with E-state index in [2.05, 4.69) is 12.2 Å². The van der Waals surface area contributed by atoms with Gasteiger partial charge in [0.05, 0.1) is 30.5 Å². The molecular weight excluding hydrogens is 508 g/mol. The van der Waals surface area contributed by atoms with Gasteiger partial charge in [0.15, 0.2) is 11.5 Å². The van der Waals surface area contributed by atoms with Crippen LogP contribution in [0.3, 0.4) is 0 Å². The maximum absolute atomic E-state index is 13.2. The lowest BCUT2D eigenvalue weighted by Crippen LogP contribution is -2.54. The molecular formula is C29H35ClN2O6. The van der Waals surface area contributed by atoms with Crippen LogP contribution in [0, 0.1) is 0 Å². The average molecular weight is 543 g/mol. The van der Waals surface area contributed by atoms with Crippen molar-refractivity contribution in [3.8, 4) is 17.2 Å². The number of barbiturate groups is 1. The molecule has 0 aromatic heterocycles. The third-order valence-corrected chi connectivity index (χ3v) is 6.18. The van der Waals surface area contributed by atoms with Crippen molar-refractivity contribution in [2.75, 3.05) is 24.7 Å². The molecule has 0 atom stereocenters. The standard InChI is InChI=1S/C29H35ClN2O6/c1-4-7-8-9-10-11-16-38-26-24(30)18-20(19-25(26)37-6-3)17-23-27(33)31-29(35)32(28(23)34)21-12-14-22(15-13-21)36-5-2/h12-15,17-19H,4-11,16H2,1-3H3,(H,31,33,35)/b23-17+. The van der Waals surface area contributed by atoms with Gasteiger partial charge in [0.25, 0.3) is 11.8 Å². The summed E-state index contributed by atoms with van der Waals surface area (Å²) in [5, 5.41) is 2.53. The highest BCUT2D eigenvalue weighted by Gasteiger charge is 2.37. The lowest BCUT2D eigenvalue weighted by molar-refractivity contribution is -0.122. The summed E-state index contributed by atoms with van der Waals surface area (Å²) in [7, 11) is 0. The number of anilines is 1. The summed E-state index contributed by atoms with van der Waals surface area (Å²) in [4.78, 5) is 39.3. The van der Waals surface area contributed by atoms with Crippen molar-refractivity contribution in [1.82, 2.24) is 5.32 Å². The Morgan fingerprint density at radius 1 is 0.868 bits per heavy atom. The van der Waals surface area contributed by atoms with E-state index in [1.807, 2.05) is 13.8 Å². The zero-order valence-corrected chi connectivity index (χ0v) is 22.9. The number of rotatable bonds is 14. The van der Waals surface area contributed by atoms with Gasteiger partial charge in [-0.25, -0.2) is 9.69 Å². The van der Waals surface area contributed by atoms with Crippen molar-refractivity contribution >= 4 is 41.2 Å². The first kappa shape index (κ1) is 29.0. The van der Waals surface area contributed by atoms with Gasteiger partial charge in [-0.1, -0.05) is 50.6 Å². The average Bonchev–Trinajstić information content (AvgIpc) is 2.88. The fraction of sp³-hybridized carbons (Fsp3) is 0.414. The van der Waals surface area contributed by atoms with Gasteiger partial charge in [-0.2, -0.15) is 0 Å². The molecule has 0 aliphatic carbocycles. The van der Waals surface area contributed by atoms with Crippen LogP contribution in [0.15, 0.2) is 42.0 Å². The molecule has 1 heterocycles. The topological polar surface area (TPSA) is 94.2 Å². The quantitative estimate of drug-likeness (QED) is 0.165. The molecule has 9 heteroatoms. The molecule has 0 spiro atoms. The molecule has 204 valence electrons. The molecule has 0 radical (unpaired) electrons. The van der Waals surface area contributed by atoms with Crippen LogP contribution in [0.1, 0.15) is 64.9 Å². The van der Waals surface area contributed by atoms with Gasteiger partial charge in [-0.3, -0.25) is 14.9 Å². The Kier molecular flexibility index (Phi) is 11.0. The second-order valence-corrected chi connectivity index (χ2v) is 9.17. The van der Waals surface area contributed by atoms with E-state index < -0.39 is 17.8 Å². The number of unbranched alkanes of at least 4 members (excludes halogenated alkanes) is 5. The summed E-state index contributed by atoms with van der Waals surface area (Å²) >= 11 is 6.53. The molecule has 0 unspecified atom stereocenters. The number of urea groups is 1. The largest absolute Gasteiger partial charge is 0.494 e. The first-order valence-corrected chi connectivity index (χ1v) is 13.5. The number of imide groups is 2. The zero-order chi connectivity index (χ0) is 27.5. The number of amides is 4. The number of halogens is 1. The highest BCUT2D eigenvalue weighted by atomic mass is 35.5. The van der Waals surface area contributed by atoms with Crippen molar-refractivity contribution in [2.45, 2.75) is 59.3 Å². The fourth-order valence-electron chi connectivity index (χ4n) is 4.05.